The summed E-state index contributed by atoms with van der Waals surface area (Å²) in [5, 5.41) is 10.2. The number of halogens is 1. The Bertz CT molecular complexity index is 1330. The van der Waals surface area contributed by atoms with Crippen LogP contribution in [0.15, 0.2) is 65.1 Å². The van der Waals surface area contributed by atoms with Crippen LogP contribution >= 0.6 is 0 Å². The Balaban J connectivity index is 1.69. The average molecular weight is 478 g/mol. The van der Waals surface area contributed by atoms with E-state index < -0.39 is 11.8 Å². The Kier molecular flexibility index (Phi) is 7.80. The number of furan rings is 1. The number of carbonyl (C=O) groups excluding carboxylic acids is 1. The molecule has 4 aromatic rings. The Morgan fingerprint density at radius 3 is 2.71 bits per heavy atom. The van der Waals surface area contributed by atoms with Crippen LogP contribution in [0.2, 0.25) is 0 Å². The van der Waals surface area contributed by atoms with E-state index in [2.05, 4.69) is 0 Å². The minimum absolute atomic E-state index is 0.00807. The molecule has 0 amide bonds. The highest BCUT2D eigenvalue weighted by Crippen LogP contribution is 2.34. The number of aliphatic hydroxyl groups excluding tert-OH is 1. The third-order valence-electron chi connectivity index (χ3n) is 5.62. The molecule has 0 fully saturated rings. The number of aliphatic hydroxyl groups is 1. The van der Waals surface area contributed by atoms with E-state index in [0.717, 1.165) is 27.6 Å². The molecular weight excluding hydrogens is 449 g/mol. The molecule has 1 aromatic heterocycles. The summed E-state index contributed by atoms with van der Waals surface area (Å²) in [5.74, 6) is 0.115. The van der Waals surface area contributed by atoms with E-state index in [4.69, 9.17) is 19.6 Å². The molecule has 35 heavy (non-hydrogen) atoms. The molecule has 0 aliphatic heterocycles. The summed E-state index contributed by atoms with van der Waals surface area (Å²) in [6.07, 6.45) is 0.398. The standard InChI is InChI=1S/C28H28FNO5/c1-2-33-27(32)14-21-6-7-23(29)15-26(21)34-17-19-11-22-13-24(8-9-31)35-28(22)25(12-19)20-5-3-4-18(10-20)16-30/h3-7,10-13,15,31H,2,8-9,14,16-17,30H2,1H3. The van der Waals surface area contributed by atoms with Crippen LogP contribution in [-0.2, 0) is 35.5 Å². The Morgan fingerprint density at radius 2 is 1.94 bits per heavy atom. The van der Waals surface area contributed by atoms with E-state index in [1.165, 1.54) is 18.2 Å². The summed E-state index contributed by atoms with van der Waals surface area (Å²) in [4.78, 5) is 12.0. The maximum atomic E-state index is 14.0. The fourth-order valence-corrected chi connectivity index (χ4v) is 4.00. The molecule has 0 unspecified atom stereocenters. The molecule has 4 rings (SSSR count). The van der Waals surface area contributed by atoms with E-state index in [1.807, 2.05) is 42.5 Å². The van der Waals surface area contributed by atoms with Gasteiger partial charge in [-0.2, -0.15) is 0 Å². The van der Waals surface area contributed by atoms with E-state index in [0.29, 0.717) is 29.9 Å². The van der Waals surface area contributed by atoms with Crippen molar-refractivity contribution in [2.75, 3.05) is 13.2 Å². The van der Waals surface area contributed by atoms with Crippen LogP contribution in [0, 0.1) is 5.82 Å². The zero-order chi connectivity index (χ0) is 24.8. The summed E-state index contributed by atoms with van der Waals surface area (Å²) in [7, 11) is 0. The second kappa shape index (κ2) is 11.2. The van der Waals surface area contributed by atoms with Crippen LogP contribution in [0.4, 0.5) is 4.39 Å². The van der Waals surface area contributed by atoms with Gasteiger partial charge in [0, 0.05) is 35.5 Å². The van der Waals surface area contributed by atoms with Gasteiger partial charge in [-0.05, 0) is 53.9 Å². The van der Waals surface area contributed by atoms with Gasteiger partial charge in [-0.25, -0.2) is 4.39 Å². The fourth-order valence-electron chi connectivity index (χ4n) is 4.00. The van der Waals surface area contributed by atoms with Crippen molar-refractivity contribution in [2.45, 2.75) is 32.9 Å². The Morgan fingerprint density at radius 1 is 1.09 bits per heavy atom. The van der Waals surface area contributed by atoms with Crippen LogP contribution in [-0.4, -0.2) is 24.3 Å². The quantitative estimate of drug-likeness (QED) is 0.315. The lowest BCUT2D eigenvalue weighted by molar-refractivity contribution is -0.142. The Hall–Kier alpha value is -3.68. The molecule has 3 N–H and O–H groups in total. The zero-order valence-corrected chi connectivity index (χ0v) is 19.6. The predicted octanol–water partition coefficient (Wildman–Crippen LogP) is 4.92. The smallest absolute Gasteiger partial charge is 0.310 e. The average Bonchev–Trinajstić information content (AvgIpc) is 3.26. The van der Waals surface area contributed by atoms with Gasteiger partial charge in [0.05, 0.1) is 19.6 Å². The number of fused-ring (bicyclic) bond motifs is 1. The van der Waals surface area contributed by atoms with Gasteiger partial charge in [0.2, 0.25) is 0 Å². The van der Waals surface area contributed by atoms with Crippen LogP contribution < -0.4 is 10.5 Å². The number of ether oxygens (including phenoxy) is 2. The third kappa shape index (κ3) is 5.88. The van der Waals surface area contributed by atoms with Crippen molar-refractivity contribution in [2.24, 2.45) is 5.73 Å². The molecular formula is C28H28FNO5. The predicted molar refractivity (Wildman–Crippen MR) is 131 cm³/mol. The molecule has 182 valence electrons. The maximum Gasteiger partial charge on any atom is 0.310 e. The van der Waals surface area contributed by atoms with E-state index in [9.17, 15) is 14.3 Å². The maximum absolute atomic E-state index is 14.0. The molecule has 7 heteroatoms. The van der Waals surface area contributed by atoms with Gasteiger partial charge in [-0.3, -0.25) is 4.79 Å². The van der Waals surface area contributed by atoms with Crippen molar-refractivity contribution in [3.63, 3.8) is 0 Å². The first-order valence-corrected chi connectivity index (χ1v) is 11.5. The number of nitrogens with two attached hydrogens (primary N) is 1. The highest BCUT2D eigenvalue weighted by Gasteiger charge is 2.15. The summed E-state index contributed by atoms with van der Waals surface area (Å²) in [6.45, 7) is 2.55. The van der Waals surface area contributed by atoms with E-state index >= 15 is 0 Å². The monoisotopic (exact) mass is 477 g/mol. The number of esters is 1. The topological polar surface area (TPSA) is 94.9 Å². The first-order valence-electron chi connectivity index (χ1n) is 11.5. The van der Waals surface area contributed by atoms with Gasteiger partial charge in [0.1, 0.15) is 29.5 Å². The summed E-state index contributed by atoms with van der Waals surface area (Å²) >= 11 is 0. The van der Waals surface area contributed by atoms with Crippen molar-refractivity contribution < 1.29 is 28.2 Å². The van der Waals surface area contributed by atoms with Crippen LogP contribution in [0.5, 0.6) is 5.75 Å². The van der Waals surface area contributed by atoms with Crippen molar-refractivity contribution in [3.8, 4) is 16.9 Å². The molecule has 6 nitrogen and oxygen atoms in total. The molecule has 0 saturated heterocycles. The van der Waals surface area contributed by atoms with Crippen LogP contribution in [0.3, 0.4) is 0 Å². The first kappa shape index (κ1) is 24.4. The second-order valence-electron chi connectivity index (χ2n) is 8.18. The first-order chi connectivity index (χ1) is 17.0. The molecule has 0 saturated carbocycles. The molecule has 0 atom stereocenters. The van der Waals surface area contributed by atoms with Crippen LogP contribution in [0.25, 0.3) is 22.1 Å². The van der Waals surface area contributed by atoms with Gasteiger partial charge in [0.15, 0.2) is 0 Å². The lowest BCUT2D eigenvalue weighted by Gasteiger charge is -2.13. The molecule has 1 heterocycles. The van der Waals surface area contributed by atoms with Crippen LogP contribution in [0.1, 0.15) is 29.4 Å². The molecule has 0 radical (unpaired) electrons. The lowest BCUT2D eigenvalue weighted by Crippen LogP contribution is -2.09. The Labute approximate surface area is 203 Å². The van der Waals surface area contributed by atoms with Crippen molar-refractivity contribution >= 4 is 16.9 Å². The molecule has 0 spiro atoms. The zero-order valence-electron chi connectivity index (χ0n) is 19.6. The molecule has 0 aliphatic carbocycles. The van der Waals surface area contributed by atoms with Crippen molar-refractivity contribution in [3.05, 3.63) is 88.9 Å². The van der Waals surface area contributed by atoms with Gasteiger partial charge in [-0.15, -0.1) is 0 Å². The van der Waals surface area contributed by atoms with Gasteiger partial charge in [0.25, 0.3) is 0 Å². The van der Waals surface area contributed by atoms with Gasteiger partial charge < -0.3 is 24.7 Å². The number of carbonyl (C=O) groups is 1. The minimum Gasteiger partial charge on any atom is -0.488 e. The highest BCUT2D eigenvalue weighted by atomic mass is 19.1. The largest absolute Gasteiger partial charge is 0.488 e. The number of hydrogen-bond acceptors (Lipinski definition) is 6. The number of benzene rings is 3. The highest BCUT2D eigenvalue weighted by molar-refractivity contribution is 5.93. The van der Waals surface area contributed by atoms with E-state index in [1.54, 1.807) is 6.92 Å². The molecule has 0 bridgehead atoms. The number of hydrogen-bond donors (Lipinski definition) is 2. The molecule has 0 aliphatic rings. The third-order valence-corrected chi connectivity index (χ3v) is 5.62. The normalized spacial score (nSPS) is 11.1. The van der Waals surface area contributed by atoms with Crippen molar-refractivity contribution in [1.82, 2.24) is 0 Å². The van der Waals surface area contributed by atoms with Gasteiger partial charge >= 0.3 is 5.97 Å². The van der Waals surface area contributed by atoms with E-state index in [-0.39, 0.29) is 32.0 Å². The second-order valence-corrected chi connectivity index (χ2v) is 8.18. The molecule has 3 aromatic carbocycles. The number of rotatable bonds is 10. The van der Waals surface area contributed by atoms with Gasteiger partial charge in [-0.1, -0.05) is 24.3 Å². The minimum atomic E-state index is -0.453. The van der Waals surface area contributed by atoms with Crippen molar-refractivity contribution in [1.29, 1.82) is 0 Å². The lowest BCUT2D eigenvalue weighted by atomic mass is 9.99. The SMILES string of the molecule is CCOC(=O)Cc1ccc(F)cc1OCc1cc(-c2cccc(CN)c2)c2oc(CCO)cc2c1. The summed E-state index contributed by atoms with van der Waals surface area (Å²) < 4.78 is 31.0. The fraction of sp³-hybridized carbons (Fsp3) is 0.250. The summed E-state index contributed by atoms with van der Waals surface area (Å²) in [6, 6.07) is 17.8. The summed E-state index contributed by atoms with van der Waals surface area (Å²) in [5.41, 5.74) is 10.7.